The van der Waals surface area contributed by atoms with Crippen molar-refractivity contribution in [3.05, 3.63) is 33.3 Å². The van der Waals surface area contributed by atoms with Crippen molar-refractivity contribution in [2.45, 2.75) is 38.5 Å². The average Bonchev–Trinajstić information content (AvgIpc) is 3.16. The Morgan fingerprint density at radius 1 is 1.60 bits per heavy atom. The van der Waals surface area contributed by atoms with E-state index in [4.69, 9.17) is 16.9 Å². The number of aliphatic hydroxyl groups is 1. The summed E-state index contributed by atoms with van der Waals surface area (Å²) < 4.78 is 0. The third kappa shape index (κ3) is 4.90. The number of β-amino-alcohol motifs (C(OH)–C–C–N with tert-alkyl or cyclic N) is 1. The molecule has 2 heterocycles. The van der Waals surface area contributed by atoms with Gasteiger partial charge in [0, 0.05) is 19.6 Å². The molecule has 10 heteroatoms. The fraction of sp³-hybridized carbons (Fsp3) is 0.500. The van der Waals surface area contributed by atoms with Gasteiger partial charge < -0.3 is 25.4 Å². The fourth-order valence-electron chi connectivity index (χ4n) is 3.85. The quantitative estimate of drug-likeness (QED) is 0.170. The summed E-state index contributed by atoms with van der Waals surface area (Å²) in [6.45, 7) is 4.27. The Balaban J connectivity index is 1.73. The summed E-state index contributed by atoms with van der Waals surface area (Å²) in [6.07, 6.45) is 3.32. The first-order valence-electron chi connectivity index (χ1n) is 9.84. The van der Waals surface area contributed by atoms with E-state index >= 15 is 0 Å². The smallest absolute Gasteiger partial charge is 0.253 e. The Labute approximate surface area is 180 Å². The zero-order chi connectivity index (χ0) is 21.7. The van der Waals surface area contributed by atoms with Gasteiger partial charge in [0.2, 0.25) is 5.96 Å². The van der Waals surface area contributed by atoms with Gasteiger partial charge in [0.15, 0.2) is 6.19 Å². The molecule has 1 aromatic carbocycles. The van der Waals surface area contributed by atoms with Crippen molar-refractivity contribution in [1.29, 1.82) is 5.26 Å². The monoisotopic (exact) mass is 432 g/mol. The van der Waals surface area contributed by atoms with Crippen LogP contribution in [-0.2, 0) is 17.8 Å². The zero-order valence-corrected chi connectivity index (χ0v) is 17.5. The summed E-state index contributed by atoms with van der Waals surface area (Å²) in [5.41, 5.74) is 3.38. The van der Waals surface area contributed by atoms with E-state index in [1.54, 1.807) is 11.0 Å². The number of nitriles is 1. The maximum Gasteiger partial charge on any atom is 0.253 e. The van der Waals surface area contributed by atoms with Crippen molar-refractivity contribution in [1.82, 2.24) is 20.9 Å². The number of aldehydes is 1. The largest absolute Gasteiger partial charge is 0.391 e. The number of aliphatic imine (C=N–C) groups is 1. The van der Waals surface area contributed by atoms with Crippen LogP contribution in [0.15, 0.2) is 11.1 Å². The van der Waals surface area contributed by atoms with E-state index < -0.39 is 18.1 Å². The van der Waals surface area contributed by atoms with Crippen LogP contribution in [0.3, 0.4) is 0 Å². The number of amides is 1. The first kappa shape index (κ1) is 22.0. The van der Waals surface area contributed by atoms with E-state index in [9.17, 15) is 14.7 Å². The second-order valence-corrected chi connectivity index (χ2v) is 7.84. The van der Waals surface area contributed by atoms with E-state index in [0.29, 0.717) is 42.9 Å². The summed E-state index contributed by atoms with van der Waals surface area (Å²) in [6, 6.07) is 0.917. The van der Waals surface area contributed by atoms with Crippen LogP contribution in [0.1, 0.15) is 33.5 Å². The lowest BCUT2D eigenvalue weighted by Crippen LogP contribution is -2.42. The minimum atomic E-state index is -0.881. The predicted molar refractivity (Wildman–Crippen MR) is 112 cm³/mol. The second-order valence-electron chi connectivity index (χ2n) is 7.43. The SMILES string of the molecule is Cc1c2c(cc(Cl)c1C(=O)N[C@H](C=O)CN=C(NC#N)N1CC[C@H](O)C1)CNCC2. The minimum absolute atomic E-state index is 0.0443. The zero-order valence-electron chi connectivity index (χ0n) is 16.7. The number of carbonyl (C=O) groups excluding carboxylic acids is 2. The van der Waals surface area contributed by atoms with Gasteiger partial charge in [-0.15, -0.1) is 0 Å². The van der Waals surface area contributed by atoms with Crippen LogP contribution in [-0.4, -0.2) is 66.5 Å². The van der Waals surface area contributed by atoms with Gasteiger partial charge >= 0.3 is 0 Å². The number of guanidine groups is 1. The highest BCUT2D eigenvalue weighted by Gasteiger charge is 2.25. The number of likely N-dealkylation sites (tertiary alicyclic amines) is 1. The van der Waals surface area contributed by atoms with E-state index in [1.165, 1.54) is 0 Å². The third-order valence-corrected chi connectivity index (χ3v) is 5.70. The Hall–Kier alpha value is -2.67. The molecule has 0 aliphatic carbocycles. The number of carbonyl (C=O) groups is 2. The number of nitrogens with zero attached hydrogens (tertiary/aromatic N) is 3. The molecule has 2 aliphatic heterocycles. The molecule has 0 bridgehead atoms. The molecule has 1 amide bonds. The van der Waals surface area contributed by atoms with Crippen LogP contribution in [0.4, 0.5) is 0 Å². The molecule has 0 saturated carbocycles. The maximum atomic E-state index is 12.9. The molecule has 9 nitrogen and oxygen atoms in total. The third-order valence-electron chi connectivity index (χ3n) is 5.40. The molecule has 1 saturated heterocycles. The molecular weight excluding hydrogens is 408 g/mol. The van der Waals surface area contributed by atoms with Crippen molar-refractivity contribution in [3.8, 4) is 6.19 Å². The summed E-state index contributed by atoms with van der Waals surface area (Å²) in [7, 11) is 0. The molecule has 3 rings (SSSR count). The maximum absolute atomic E-state index is 12.9. The van der Waals surface area contributed by atoms with Crippen LogP contribution < -0.4 is 16.0 Å². The second kappa shape index (κ2) is 9.89. The summed E-state index contributed by atoms with van der Waals surface area (Å²) in [5.74, 6) is -0.164. The molecular formula is C20H25ClN6O3. The number of nitrogens with one attached hydrogen (secondary N) is 3. The molecule has 4 N–H and O–H groups in total. The molecule has 1 aromatic rings. The minimum Gasteiger partial charge on any atom is -0.391 e. The van der Waals surface area contributed by atoms with Gasteiger partial charge in [-0.1, -0.05) is 11.6 Å². The van der Waals surface area contributed by atoms with Gasteiger partial charge in [-0.05, 0) is 49.1 Å². The first-order valence-corrected chi connectivity index (χ1v) is 10.2. The average molecular weight is 433 g/mol. The molecule has 30 heavy (non-hydrogen) atoms. The lowest BCUT2D eigenvalue weighted by Gasteiger charge is -2.23. The standard InChI is InChI=1S/C20H25ClN6O3/c1-12-16-2-4-23-7-13(16)6-17(21)18(12)19(30)26-14(10-28)8-24-20(25-11-22)27-5-3-15(29)9-27/h6,10,14-15,23,29H,2-5,7-9H2,1H3,(H,24,25)(H,26,30)/t14-,15-/m0/s1. The van der Waals surface area contributed by atoms with Crippen LogP contribution >= 0.6 is 11.6 Å². The van der Waals surface area contributed by atoms with Crippen molar-refractivity contribution in [2.24, 2.45) is 4.99 Å². The Kier molecular flexibility index (Phi) is 7.26. The Bertz CT molecular complexity index is 898. The van der Waals surface area contributed by atoms with Gasteiger partial charge in [0.1, 0.15) is 12.3 Å². The number of halogens is 1. The number of hydrogen-bond acceptors (Lipinski definition) is 6. The molecule has 2 atom stereocenters. The number of rotatable bonds is 5. The van der Waals surface area contributed by atoms with Crippen LogP contribution in [0.5, 0.6) is 0 Å². The summed E-state index contributed by atoms with van der Waals surface area (Å²) in [5, 5.41) is 27.4. The Morgan fingerprint density at radius 3 is 3.07 bits per heavy atom. The van der Waals surface area contributed by atoms with E-state index in [1.807, 2.05) is 13.1 Å². The highest BCUT2D eigenvalue weighted by atomic mass is 35.5. The predicted octanol–water partition coefficient (Wildman–Crippen LogP) is 0.0847. The van der Waals surface area contributed by atoms with E-state index in [0.717, 1.165) is 29.7 Å². The van der Waals surface area contributed by atoms with Crippen molar-refractivity contribution < 1.29 is 14.7 Å². The molecule has 0 unspecified atom stereocenters. The normalized spacial score (nSPS) is 19.6. The molecule has 0 radical (unpaired) electrons. The van der Waals surface area contributed by atoms with Crippen molar-refractivity contribution >= 4 is 29.8 Å². The first-order chi connectivity index (χ1) is 14.4. The topological polar surface area (TPSA) is 130 Å². The van der Waals surface area contributed by atoms with Crippen LogP contribution in [0.2, 0.25) is 5.02 Å². The lowest BCUT2D eigenvalue weighted by molar-refractivity contribution is -0.109. The Morgan fingerprint density at radius 2 is 2.40 bits per heavy atom. The van der Waals surface area contributed by atoms with Crippen LogP contribution in [0.25, 0.3) is 0 Å². The highest BCUT2D eigenvalue weighted by molar-refractivity contribution is 6.34. The highest BCUT2D eigenvalue weighted by Crippen LogP contribution is 2.28. The number of aliphatic hydroxyl groups excluding tert-OH is 1. The number of benzene rings is 1. The lowest BCUT2D eigenvalue weighted by atomic mass is 9.92. The molecule has 160 valence electrons. The van der Waals surface area contributed by atoms with Gasteiger partial charge in [-0.25, -0.2) is 4.99 Å². The van der Waals surface area contributed by atoms with Crippen molar-refractivity contribution in [3.63, 3.8) is 0 Å². The number of fused-ring (bicyclic) bond motifs is 1. The fourth-order valence-corrected chi connectivity index (χ4v) is 4.21. The molecule has 0 aromatic heterocycles. The van der Waals surface area contributed by atoms with E-state index in [2.05, 4.69) is 20.9 Å². The molecule has 1 fully saturated rings. The van der Waals surface area contributed by atoms with Gasteiger partial charge in [-0.3, -0.25) is 10.1 Å². The molecule has 2 aliphatic rings. The van der Waals surface area contributed by atoms with Gasteiger partial charge in [0.05, 0.1) is 23.2 Å². The van der Waals surface area contributed by atoms with Crippen LogP contribution in [0, 0.1) is 18.4 Å². The van der Waals surface area contributed by atoms with Gasteiger partial charge in [-0.2, -0.15) is 5.26 Å². The molecule has 0 spiro atoms. The summed E-state index contributed by atoms with van der Waals surface area (Å²) in [4.78, 5) is 30.4. The summed E-state index contributed by atoms with van der Waals surface area (Å²) >= 11 is 6.38. The van der Waals surface area contributed by atoms with Gasteiger partial charge in [0.25, 0.3) is 5.91 Å². The van der Waals surface area contributed by atoms with Crippen molar-refractivity contribution in [2.75, 3.05) is 26.2 Å². The number of hydrogen-bond donors (Lipinski definition) is 4. The van der Waals surface area contributed by atoms with E-state index in [-0.39, 0.29) is 12.5 Å².